The minimum absolute atomic E-state index is 0.0909. The molecular weight excluding hydrogens is 396 g/mol. The van der Waals surface area contributed by atoms with E-state index in [1.54, 1.807) is 6.07 Å². The SMILES string of the molecule is O=S(=O)(NCC(c1cccc(Cl)c1)N1CCOCC1)c1ccc2c(c1)CCC2. The van der Waals surface area contributed by atoms with Gasteiger partial charge in [0.1, 0.15) is 0 Å². The number of nitrogens with one attached hydrogen (secondary N) is 1. The molecule has 28 heavy (non-hydrogen) atoms. The number of rotatable bonds is 6. The average Bonchev–Trinajstić information content (AvgIpc) is 3.17. The molecule has 1 aliphatic carbocycles. The fraction of sp³-hybridized carbons (Fsp3) is 0.429. The van der Waals surface area contributed by atoms with Crippen molar-refractivity contribution in [2.45, 2.75) is 30.2 Å². The molecule has 2 aliphatic rings. The Morgan fingerprint density at radius 1 is 1.07 bits per heavy atom. The molecule has 1 N–H and O–H groups in total. The summed E-state index contributed by atoms with van der Waals surface area (Å²) in [6.45, 7) is 3.11. The van der Waals surface area contributed by atoms with Crippen LogP contribution in [-0.4, -0.2) is 46.2 Å². The van der Waals surface area contributed by atoms with Crippen LogP contribution in [0, 0.1) is 0 Å². The summed E-state index contributed by atoms with van der Waals surface area (Å²) >= 11 is 6.19. The van der Waals surface area contributed by atoms with E-state index in [2.05, 4.69) is 9.62 Å². The van der Waals surface area contributed by atoms with Crippen LogP contribution in [0.15, 0.2) is 47.4 Å². The van der Waals surface area contributed by atoms with Crippen molar-refractivity contribution in [3.8, 4) is 0 Å². The molecule has 0 bridgehead atoms. The van der Waals surface area contributed by atoms with Crippen molar-refractivity contribution in [3.05, 3.63) is 64.2 Å². The highest BCUT2D eigenvalue weighted by atomic mass is 35.5. The van der Waals surface area contributed by atoms with Gasteiger partial charge in [-0.1, -0.05) is 29.8 Å². The maximum absolute atomic E-state index is 12.9. The summed E-state index contributed by atoms with van der Waals surface area (Å²) < 4.78 is 34.2. The monoisotopic (exact) mass is 420 g/mol. The average molecular weight is 421 g/mol. The largest absolute Gasteiger partial charge is 0.379 e. The van der Waals surface area contributed by atoms with Crippen molar-refractivity contribution in [1.29, 1.82) is 0 Å². The molecular formula is C21H25ClN2O3S. The summed E-state index contributed by atoms with van der Waals surface area (Å²) in [6, 6.07) is 13.0. The number of fused-ring (bicyclic) bond motifs is 1. The Kier molecular flexibility index (Phi) is 6.04. The lowest BCUT2D eigenvalue weighted by Crippen LogP contribution is -2.43. The number of sulfonamides is 1. The minimum atomic E-state index is -3.57. The van der Waals surface area contributed by atoms with E-state index in [0.717, 1.165) is 43.5 Å². The number of aryl methyl sites for hydroxylation is 2. The first kappa shape index (κ1) is 19.9. The van der Waals surface area contributed by atoms with Gasteiger partial charge < -0.3 is 4.74 Å². The second-order valence-electron chi connectivity index (χ2n) is 7.36. The molecule has 0 saturated carbocycles. The van der Waals surface area contributed by atoms with E-state index in [-0.39, 0.29) is 6.04 Å². The van der Waals surface area contributed by atoms with Gasteiger partial charge in [0.05, 0.1) is 18.1 Å². The number of nitrogens with zero attached hydrogens (tertiary/aromatic N) is 1. The third-order valence-corrected chi connectivity index (χ3v) is 7.22. The molecule has 0 radical (unpaired) electrons. The molecule has 2 aromatic rings. The van der Waals surface area contributed by atoms with Gasteiger partial charge in [0.2, 0.25) is 10.0 Å². The van der Waals surface area contributed by atoms with E-state index in [0.29, 0.717) is 29.7 Å². The van der Waals surface area contributed by atoms with Crippen LogP contribution in [0.25, 0.3) is 0 Å². The Labute approximate surface area is 171 Å². The third-order valence-electron chi connectivity index (χ3n) is 5.57. The predicted octanol–water partition coefficient (Wildman–Crippen LogP) is 3.18. The highest BCUT2D eigenvalue weighted by Crippen LogP contribution is 2.27. The van der Waals surface area contributed by atoms with Crippen LogP contribution < -0.4 is 4.72 Å². The first-order valence-electron chi connectivity index (χ1n) is 9.72. The molecule has 4 rings (SSSR count). The number of halogens is 1. The number of hydrogen-bond acceptors (Lipinski definition) is 4. The highest BCUT2D eigenvalue weighted by Gasteiger charge is 2.26. The van der Waals surface area contributed by atoms with Crippen LogP contribution >= 0.6 is 11.6 Å². The highest BCUT2D eigenvalue weighted by molar-refractivity contribution is 7.89. The topological polar surface area (TPSA) is 58.6 Å². The van der Waals surface area contributed by atoms with Crippen LogP contribution in [0.4, 0.5) is 0 Å². The second kappa shape index (κ2) is 8.51. The van der Waals surface area contributed by atoms with E-state index < -0.39 is 10.0 Å². The Morgan fingerprint density at radius 3 is 2.64 bits per heavy atom. The van der Waals surface area contributed by atoms with E-state index >= 15 is 0 Å². The third kappa shape index (κ3) is 4.42. The summed E-state index contributed by atoms with van der Waals surface area (Å²) in [7, 11) is -3.57. The number of ether oxygens (including phenoxy) is 1. The Morgan fingerprint density at radius 2 is 1.86 bits per heavy atom. The lowest BCUT2D eigenvalue weighted by Gasteiger charge is -2.35. The summed E-state index contributed by atoms with van der Waals surface area (Å²) in [5, 5.41) is 0.650. The van der Waals surface area contributed by atoms with Crippen LogP contribution in [0.5, 0.6) is 0 Å². The first-order valence-corrected chi connectivity index (χ1v) is 11.6. The zero-order chi connectivity index (χ0) is 19.6. The molecule has 2 aromatic carbocycles. The summed E-state index contributed by atoms with van der Waals surface area (Å²) in [4.78, 5) is 2.60. The van der Waals surface area contributed by atoms with Gasteiger partial charge in [-0.25, -0.2) is 13.1 Å². The van der Waals surface area contributed by atoms with E-state index in [1.807, 2.05) is 36.4 Å². The van der Waals surface area contributed by atoms with Gasteiger partial charge in [-0.3, -0.25) is 4.90 Å². The van der Waals surface area contributed by atoms with Crippen molar-refractivity contribution in [3.63, 3.8) is 0 Å². The smallest absolute Gasteiger partial charge is 0.240 e. The molecule has 0 amide bonds. The van der Waals surface area contributed by atoms with Gasteiger partial charge in [-0.2, -0.15) is 0 Å². The zero-order valence-electron chi connectivity index (χ0n) is 15.7. The Bertz CT molecular complexity index is 942. The van der Waals surface area contributed by atoms with Crippen LogP contribution in [0.2, 0.25) is 5.02 Å². The van der Waals surface area contributed by atoms with Crippen molar-refractivity contribution >= 4 is 21.6 Å². The van der Waals surface area contributed by atoms with Crippen molar-refractivity contribution < 1.29 is 13.2 Å². The molecule has 7 heteroatoms. The van der Waals surface area contributed by atoms with Crippen molar-refractivity contribution in [2.24, 2.45) is 0 Å². The normalized spacial score (nSPS) is 18.8. The summed E-state index contributed by atoms with van der Waals surface area (Å²) in [5.41, 5.74) is 3.43. The quantitative estimate of drug-likeness (QED) is 0.779. The fourth-order valence-corrected chi connectivity index (χ4v) is 5.34. The molecule has 150 valence electrons. The maximum atomic E-state index is 12.9. The number of benzene rings is 2. The second-order valence-corrected chi connectivity index (χ2v) is 9.56. The summed E-state index contributed by atoms with van der Waals surface area (Å²) in [6.07, 6.45) is 3.09. The van der Waals surface area contributed by atoms with Crippen molar-refractivity contribution in [1.82, 2.24) is 9.62 Å². The van der Waals surface area contributed by atoms with Gasteiger partial charge in [0.25, 0.3) is 0 Å². The lowest BCUT2D eigenvalue weighted by atomic mass is 10.1. The summed E-state index contributed by atoms with van der Waals surface area (Å²) in [5.74, 6) is 0. The molecule has 0 aromatic heterocycles. The molecule has 1 fully saturated rings. The van der Waals surface area contributed by atoms with Gasteiger partial charge in [0, 0.05) is 30.7 Å². The Hall–Kier alpha value is -1.44. The lowest BCUT2D eigenvalue weighted by molar-refractivity contribution is 0.0172. The van der Waals surface area contributed by atoms with E-state index in [1.165, 1.54) is 5.56 Å². The predicted molar refractivity (Wildman–Crippen MR) is 110 cm³/mol. The molecule has 1 heterocycles. The van der Waals surface area contributed by atoms with Gasteiger partial charge in [-0.15, -0.1) is 0 Å². The standard InChI is InChI=1S/C21H25ClN2O3S/c22-19-6-2-5-18(13-19)21(24-9-11-27-12-10-24)15-23-28(25,26)20-8-7-16-3-1-4-17(16)14-20/h2,5-8,13-14,21,23H,1,3-4,9-12,15H2. The van der Waals surface area contributed by atoms with Gasteiger partial charge in [0.15, 0.2) is 0 Å². The van der Waals surface area contributed by atoms with E-state index in [9.17, 15) is 8.42 Å². The van der Waals surface area contributed by atoms with Gasteiger partial charge in [-0.05, 0) is 60.2 Å². The zero-order valence-corrected chi connectivity index (χ0v) is 17.3. The molecule has 1 atom stereocenters. The van der Waals surface area contributed by atoms with E-state index in [4.69, 9.17) is 16.3 Å². The molecule has 0 spiro atoms. The number of morpholine rings is 1. The molecule has 1 aliphatic heterocycles. The van der Waals surface area contributed by atoms with Crippen LogP contribution in [0.1, 0.15) is 29.2 Å². The molecule has 5 nitrogen and oxygen atoms in total. The van der Waals surface area contributed by atoms with Gasteiger partial charge >= 0.3 is 0 Å². The molecule has 1 unspecified atom stereocenters. The van der Waals surface area contributed by atoms with Crippen LogP contribution in [-0.2, 0) is 27.6 Å². The maximum Gasteiger partial charge on any atom is 0.240 e. The molecule has 1 saturated heterocycles. The van der Waals surface area contributed by atoms with Crippen LogP contribution in [0.3, 0.4) is 0 Å². The number of hydrogen-bond donors (Lipinski definition) is 1. The Balaban J connectivity index is 1.54. The minimum Gasteiger partial charge on any atom is -0.379 e. The fourth-order valence-electron chi connectivity index (χ4n) is 4.05. The first-order chi connectivity index (χ1) is 13.5. The van der Waals surface area contributed by atoms with Crippen molar-refractivity contribution in [2.75, 3.05) is 32.8 Å².